The van der Waals surface area contributed by atoms with E-state index in [9.17, 15) is 14.7 Å². The molecule has 3 aromatic carbocycles. The van der Waals surface area contributed by atoms with E-state index in [0.717, 1.165) is 15.6 Å². The fourth-order valence-corrected chi connectivity index (χ4v) is 4.46. The molecule has 31 heavy (non-hydrogen) atoms. The van der Waals surface area contributed by atoms with Crippen molar-refractivity contribution in [3.05, 3.63) is 99.4 Å². The van der Waals surface area contributed by atoms with E-state index in [1.54, 1.807) is 17.0 Å². The number of aromatic carboxylic acids is 1. The SMILES string of the molecule is C/C(=C1/SC(=Nc2cccc(C(=O)O)c2)N(c2ccccc2)C1=O)c1ccc(Br)cc1. The third-order valence-electron chi connectivity index (χ3n) is 4.73. The van der Waals surface area contributed by atoms with Gasteiger partial charge in [0.2, 0.25) is 0 Å². The third-order valence-corrected chi connectivity index (χ3v) is 6.40. The first-order chi connectivity index (χ1) is 14.9. The third kappa shape index (κ3) is 4.47. The first-order valence-corrected chi connectivity index (χ1v) is 11.0. The number of allylic oxidation sites excluding steroid dienone is 1. The number of aliphatic imine (C=N–C) groups is 1. The number of para-hydroxylation sites is 1. The minimum absolute atomic E-state index is 0.143. The normalized spacial score (nSPS) is 16.6. The molecule has 1 amide bonds. The van der Waals surface area contributed by atoms with Gasteiger partial charge in [0, 0.05) is 4.47 Å². The molecular weight excluding hydrogens is 476 g/mol. The van der Waals surface area contributed by atoms with Crippen molar-refractivity contribution in [3.63, 3.8) is 0 Å². The summed E-state index contributed by atoms with van der Waals surface area (Å²) in [6.45, 7) is 1.92. The van der Waals surface area contributed by atoms with Gasteiger partial charge in [-0.05, 0) is 72.3 Å². The number of hydrogen-bond donors (Lipinski definition) is 1. The minimum atomic E-state index is -1.02. The van der Waals surface area contributed by atoms with E-state index in [2.05, 4.69) is 20.9 Å². The van der Waals surface area contributed by atoms with Crippen LogP contribution in [0.25, 0.3) is 5.57 Å². The molecule has 1 heterocycles. The molecule has 1 saturated heterocycles. The lowest BCUT2D eigenvalue weighted by atomic mass is 10.1. The highest BCUT2D eigenvalue weighted by atomic mass is 79.9. The Bertz CT molecular complexity index is 1220. The summed E-state index contributed by atoms with van der Waals surface area (Å²) >= 11 is 4.72. The first-order valence-electron chi connectivity index (χ1n) is 9.40. The molecule has 154 valence electrons. The predicted molar refractivity (Wildman–Crippen MR) is 129 cm³/mol. The van der Waals surface area contributed by atoms with Crippen LogP contribution >= 0.6 is 27.7 Å². The van der Waals surface area contributed by atoms with Gasteiger partial charge in [-0.3, -0.25) is 9.69 Å². The molecule has 0 radical (unpaired) electrons. The van der Waals surface area contributed by atoms with Gasteiger partial charge in [-0.15, -0.1) is 0 Å². The summed E-state index contributed by atoms with van der Waals surface area (Å²) in [6.07, 6.45) is 0. The van der Waals surface area contributed by atoms with E-state index in [1.807, 2.05) is 61.5 Å². The van der Waals surface area contributed by atoms with Crippen LogP contribution < -0.4 is 4.90 Å². The van der Waals surface area contributed by atoms with Gasteiger partial charge in [-0.2, -0.15) is 0 Å². The second-order valence-corrected chi connectivity index (χ2v) is 8.68. The molecule has 0 aliphatic carbocycles. The Morgan fingerprint density at radius 1 is 0.968 bits per heavy atom. The zero-order chi connectivity index (χ0) is 22.0. The number of amidine groups is 1. The number of anilines is 1. The molecule has 3 aromatic rings. The maximum absolute atomic E-state index is 13.4. The number of nitrogens with zero attached hydrogens (tertiary/aromatic N) is 2. The molecule has 0 aromatic heterocycles. The molecule has 0 unspecified atom stereocenters. The molecule has 1 fully saturated rings. The number of amides is 1. The predicted octanol–water partition coefficient (Wildman–Crippen LogP) is 6.35. The molecule has 1 aliphatic heterocycles. The minimum Gasteiger partial charge on any atom is -0.478 e. The van der Waals surface area contributed by atoms with Crippen molar-refractivity contribution in [2.45, 2.75) is 6.92 Å². The van der Waals surface area contributed by atoms with Gasteiger partial charge in [-0.25, -0.2) is 9.79 Å². The Balaban J connectivity index is 1.82. The van der Waals surface area contributed by atoms with Crippen LogP contribution in [-0.4, -0.2) is 22.2 Å². The zero-order valence-corrected chi connectivity index (χ0v) is 18.9. The van der Waals surface area contributed by atoms with Crippen molar-refractivity contribution in [2.24, 2.45) is 4.99 Å². The lowest BCUT2D eigenvalue weighted by Crippen LogP contribution is -2.28. The average Bonchev–Trinajstić information content (AvgIpc) is 3.10. The number of halogens is 1. The first kappa shape index (κ1) is 21.1. The second kappa shape index (κ2) is 8.91. The molecule has 1 N–H and O–H groups in total. The van der Waals surface area contributed by atoms with Gasteiger partial charge in [-0.1, -0.05) is 52.3 Å². The number of rotatable bonds is 4. The van der Waals surface area contributed by atoms with Crippen LogP contribution in [0, 0.1) is 0 Å². The van der Waals surface area contributed by atoms with Crippen molar-refractivity contribution in [3.8, 4) is 0 Å². The lowest BCUT2D eigenvalue weighted by molar-refractivity contribution is -0.113. The largest absolute Gasteiger partial charge is 0.478 e. The number of hydrogen-bond acceptors (Lipinski definition) is 4. The summed E-state index contributed by atoms with van der Waals surface area (Å²) in [4.78, 5) is 31.5. The van der Waals surface area contributed by atoms with E-state index in [1.165, 1.54) is 23.9 Å². The fourth-order valence-electron chi connectivity index (χ4n) is 3.13. The molecule has 4 rings (SSSR count). The topological polar surface area (TPSA) is 70.0 Å². The Morgan fingerprint density at radius 3 is 2.35 bits per heavy atom. The highest BCUT2D eigenvalue weighted by Crippen LogP contribution is 2.40. The van der Waals surface area contributed by atoms with Crippen LogP contribution in [-0.2, 0) is 4.79 Å². The fraction of sp³-hybridized carbons (Fsp3) is 0.0417. The summed E-state index contributed by atoms with van der Waals surface area (Å²) in [5, 5.41) is 9.75. The van der Waals surface area contributed by atoms with E-state index in [4.69, 9.17) is 0 Å². The molecule has 0 atom stereocenters. The molecule has 5 nitrogen and oxygen atoms in total. The van der Waals surface area contributed by atoms with E-state index in [0.29, 0.717) is 21.4 Å². The number of carbonyl (C=O) groups is 2. The number of carboxylic acid groups (broad SMARTS) is 1. The van der Waals surface area contributed by atoms with E-state index in [-0.39, 0.29) is 11.5 Å². The Hall–Kier alpha value is -3.16. The highest BCUT2D eigenvalue weighted by Gasteiger charge is 2.36. The van der Waals surface area contributed by atoms with Crippen LogP contribution in [0.15, 0.2) is 93.2 Å². The maximum atomic E-state index is 13.4. The van der Waals surface area contributed by atoms with Gasteiger partial charge in [0.15, 0.2) is 5.17 Å². The Morgan fingerprint density at radius 2 is 1.68 bits per heavy atom. The standard InChI is InChI=1S/C24H17BrN2O3S/c1-15(16-10-12-18(25)13-11-16)21-22(28)27(20-8-3-2-4-9-20)24(31-21)26-19-7-5-6-17(14-19)23(29)30/h2-14H,1H3,(H,29,30)/b21-15-,26-24?. The Kier molecular flexibility index (Phi) is 6.06. The van der Waals surface area contributed by atoms with Crippen LogP contribution in [0.4, 0.5) is 11.4 Å². The summed E-state index contributed by atoms with van der Waals surface area (Å²) < 4.78 is 0.964. The summed E-state index contributed by atoms with van der Waals surface area (Å²) in [6, 6.07) is 23.4. The van der Waals surface area contributed by atoms with E-state index >= 15 is 0 Å². The van der Waals surface area contributed by atoms with Crippen molar-refractivity contribution >= 4 is 61.7 Å². The molecule has 1 aliphatic rings. The summed E-state index contributed by atoms with van der Waals surface area (Å²) in [7, 11) is 0. The maximum Gasteiger partial charge on any atom is 0.335 e. The number of carbonyl (C=O) groups excluding carboxylic acids is 1. The van der Waals surface area contributed by atoms with Crippen LogP contribution in [0.3, 0.4) is 0 Å². The molecule has 0 bridgehead atoms. The van der Waals surface area contributed by atoms with Crippen LogP contribution in [0.2, 0.25) is 0 Å². The number of thioether (sulfide) groups is 1. The second-order valence-electron chi connectivity index (χ2n) is 6.79. The number of carboxylic acids is 1. The van der Waals surface area contributed by atoms with Crippen molar-refractivity contribution in [2.75, 3.05) is 4.90 Å². The summed E-state index contributed by atoms with van der Waals surface area (Å²) in [5.41, 5.74) is 3.11. The van der Waals surface area contributed by atoms with Gasteiger partial charge in [0.25, 0.3) is 5.91 Å². The molecule has 0 saturated carbocycles. The van der Waals surface area contributed by atoms with Gasteiger partial charge in [0.05, 0.1) is 21.8 Å². The molecule has 7 heteroatoms. The molecule has 0 spiro atoms. The van der Waals surface area contributed by atoms with E-state index < -0.39 is 5.97 Å². The summed E-state index contributed by atoms with van der Waals surface area (Å²) in [5.74, 6) is -1.19. The lowest BCUT2D eigenvalue weighted by Gasteiger charge is -2.15. The van der Waals surface area contributed by atoms with Gasteiger partial charge >= 0.3 is 5.97 Å². The smallest absolute Gasteiger partial charge is 0.335 e. The highest BCUT2D eigenvalue weighted by molar-refractivity contribution is 9.10. The average molecular weight is 493 g/mol. The Labute approximate surface area is 192 Å². The number of benzene rings is 3. The quantitative estimate of drug-likeness (QED) is 0.431. The zero-order valence-electron chi connectivity index (χ0n) is 16.4. The van der Waals surface area contributed by atoms with Gasteiger partial charge < -0.3 is 5.11 Å². The van der Waals surface area contributed by atoms with Gasteiger partial charge in [0.1, 0.15) is 0 Å². The van der Waals surface area contributed by atoms with Crippen molar-refractivity contribution in [1.82, 2.24) is 0 Å². The monoisotopic (exact) mass is 492 g/mol. The van der Waals surface area contributed by atoms with Crippen molar-refractivity contribution < 1.29 is 14.7 Å². The van der Waals surface area contributed by atoms with Crippen molar-refractivity contribution in [1.29, 1.82) is 0 Å². The van der Waals surface area contributed by atoms with Crippen LogP contribution in [0.5, 0.6) is 0 Å². The molecular formula is C24H17BrN2O3S. The van der Waals surface area contributed by atoms with Crippen LogP contribution in [0.1, 0.15) is 22.8 Å².